The Balaban J connectivity index is 2.18. The molecule has 0 aromatic rings. The van der Waals surface area contributed by atoms with Gasteiger partial charge in [-0.15, -0.1) is 6.04 Å². The Labute approximate surface area is 38.5 Å². The zero-order valence-corrected chi connectivity index (χ0v) is 3.91. The highest BCUT2D eigenvalue weighted by molar-refractivity contribution is 4.78. The lowest BCUT2D eigenvalue weighted by Gasteiger charge is -2.06. The van der Waals surface area contributed by atoms with E-state index in [9.17, 15) is 0 Å². The summed E-state index contributed by atoms with van der Waals surface area (Å²) in [5, 5.41) is 0. The van der Waals surface area contributed by atoms with Crippen LogP contribution in [0, 0.1) is 0 Å². The Morgan fingerprint density at radius 2 is 1.67 bits per heavy atom. The molecule has 0 atom stereocenters. The fourth-order valence-corrected chi connectivity index (χ4v) is 0.926. The van der Waals surface area contributed by atoms with Gasteiger partial charge in [0.25, 0.3) is 0 Å². The van der Waals surface area contributed by atoms with Crippen molar-refractivity contribution >= 4 is 0 Å². The van der Waals surface area contributed by atoms with Crippen LogP contribution in [0.1, 0.15) is 25.7 Å². The maximum Gasteiger partial charge on any atom is -0.0547 e. The highest BCUT2D eigenvalue weighted by Gasteiger charge is 2.01. The first-order valence-electron chi connectivity index (χ1n) is 2.61. The molecule has 0 aromatic heterocycles. The van der Waals surface area contributed by atoms with Gasteiger partial charge >= 0.3 is 0 Å². The lowest BCUT2D eigenvalue weighted by atomic mass is 10.3. The summed E-state index contributed by atoms with van der Waals surface area (Å²) in [7, 11) is 0. The summed E-state index contributed by atoms with van der Waals surface area (Å²) >= 11 is 0. The van der Waals surface area contributed by atoms with E-state index in [-0.39, 0.29) is 0 Å². The van der Waals surface area contributed by atoms with Crippen molar-refractivity contribution in [3.05, 3.63) is 5.73 Å². The molecule has 1 aliphatic rings. The topological polar surface area (TPSA) is 23.8 Å². The van der Waals surface area contributed by atoms with Crippen molar-refractivity contribution in [2.75, 3.05) is 0 Å². The van der Waals surface area contributed by atoms with E-state index in [0.717, 1.165) is 12.8 Å². The quantitative estimate of drug-likeness (QED) is 0.428. The lowest BCUT2D eigenvalue weighted by Crippen LogP contribution is -1.86. The fraction of sp³-hybridized carbons (Fsp3) is 1.00. The summed E-state index contributed by atoms with van der Waals surface area (Å²) in [5.74, 6) is 0. The van der Waals surface area contributed by atoms with Gasteiger partial charge in [-0.25, -0.2) is 0 Å². The van der Waals surface area contributed by atoms with Gasteiger partial charge in [-0.05, 0) is 0 Å². The molecule has 1 aliphatic carbocycles. The normalized spacial score (nSPS) is 25.5. The van der Waals surface area contributed by atoms with Gasteiger partial charge in [0.15, 0.2) is 0 Å². The van der Waals surface area contributed by atoms with Crippen LogP contribution in [0.2, 0.25) is 0 Å². The fourth-order valence-electron chi connectivity index (χ4n) is 0.926. The second-order valence-electron chi connectivity index (χ2n) is 1.98. The lowest BCUT2D eigenvalue weighted by molar-refractivity contribution is 0.817. The molecule has 1 nitrogen and oxygen atoms in total. The van der Waals surface area contributed by atoms with E-state index in [1.165, 1.54) is 12.8 Å². The van der Waals surface area contributed by atoms with Crippen molar-refractivity contribution in [1.29, 1.82) is 0 Å². The van der Waals surface area contributed by atoms with Gasteiger partial charge < -0.3 is 5.73 Å². The van der Waals surface area contributed by atoms with E-state index in [4.69, 9.17) is 5.73 Å². The molecule has 1 heteroatoms. The summed E-state index contributed by atoms with van der Waals surface area (Å²) in [6.45, 7) is 0. The SMILES string of the molecule is [NH-]C1CCCC1. The van der Waals surface area contributed by atoms with Gasteiger partial charge in [0.2, 0.25) is 0 Å². The van der Waals surface area contributed by atoms with Crippen LogP contribution in [-0.2, 0) is 0 Å². The minimum atomic E-state index is 0.296. The van der Waals surface area contributed by atoms with Crippen molar-refractivity contribution < 1.29 is 0 Å². The van der Waals surface area contributed by atoms with Crippen molar-refractivity contribution in [3.63, 3.8) is 0 Å². The van der Waals surface area contributed by atoms with Gasteiger partial charge in [0, 0.05) is 0 Å². The first-order chi connectivity index (χ1) is 2.89. The third-order valence-corrected chi connectivity index (χ3v) is 1.36. The van der Waals surface area contributed by atoms with Crippen LogP contribution in [0.4, 0.5) is 0 Å². The van der Waals surface area contributed by atoms with Gasteiger partial charge in [0.1, 0.15) is 0 Å². The van der Waals surface area contributed by atoms with Crippen LogP contribution in [0.5, 0.6) is 0 Å². The zero-order valence-electron chi connectivity index (χ0n) is 3.91. The maximum atomic E-state index is 7.13. The second-order valence-corrected chi connectivity index (χ2v) is 1.98. The predicted molar refractivity (Wildman–Crippen MR) is 26.6 cm³/mol. The van der Waals surface area contributed by atoms with Crippen LogP contribution in [-0.4, -0.2) is 6.04 Å². The molecular weight excluding hydrogens is 74.1 g/mol. The molecule has 0 saturated heterocycles. The van der Waals surface area contributed by atoms with Crippen molar-refractivity contribution in [3.8, 4) is 0 Å². The molecule has 0 radical (unpaired) electrons. The summed E-state index contributed by atoms with van der Waals surface area (Å²) in [4.78, 5) is 0. The van der Waals surface area contributed by atoms with Gasteiger partial charge in [-0.1, -0.05) is 25.7 Å². The molecular formula is C5H10N-. The van der Waals surface area contributed by atoms with E-state index in [1.807, 2.05) is 0 Å². The van der Waals surface area contributed by atoms with Crippen LogP contribution >= 0.6 is 0 Å². The molecule has 0 unspecified atom stereocenters. The summed E-state index contributed by atoms with van der Waals surface area (Å²) in [6, 6.07) is 0.296. The van der Waals surface area contributed by atoms with Crippen molar-refractivity contribution in [2.24, 2.45) is 0 Å². The minimum Gasteiger partial charge on any atom is -0.675 e. The van der Waals surface area contributed by atoms with Gasteiger partial charge in [-0.3, -0.25) is 0 Å². The van der Waals surface area contributed by atoms with E-state index in [1.54, 1.807) is 0 Å². The number of hydrogen-bond donors (Lipinski definition) is 0. The third-order valence-electron chi connectivity index (χ3n) is 1.36. The average Bonchev–Trinajstić information content (AvgIpc) is 1.86. The predicted octanol–water partition coefficient (Wildman–Crippen LogP) is 1.98. The maximum absolute atomic E-state index is 7.13. The van der Waals surface area contributed by atoms with E-state index in [2.05, 4.69) is 0 Å². The summed E-state index contributed by atoms with van der Waals surface area (Å²) in [6.07, 6.45) is 4.91. The molecule has 0 aliphatic heterocycles. The van der Waals surface area contributed by atoms with Crippen LogP contribution in [0.25, 0.3) is 5.73 Å². The van der Waals surface area contributed by atoms with E-state index in [0.29, 0.717) is 6.04 Å². The molecule has 0 aromatic carbocycles. The molecule has 0 heterocycles. The Kier molecular flexibility index (Phi) is 1.10. The van der Waals surface area contributed by atoms with Crippen LogP contribution in [0.3, 0.4) is 0 Å². The summed E-state index contributed by atoms with van der Waals surface area (Å²) < 4.78 is 0. The molecule has 1 N–H and O–H groups in total. The number of hydrogen-bond acceptors (Lipinski definition) is 0. The Morgan fingerprint density at radius 1 is 1.17 bits per heavy atom. The first kappa shape index (κ1) is 4.13. The highest BCUT2D eigenvalue weighted by atomic mass is 14.6. The average molecular weight is 84.1 g/mol. The zero-order chi connectivity index (χ0) is 4.41. The molecule has 6 heavy (non-hydrogen) atoms. The second kappa shape index (κ2) is 1.61. The molecule has 1 fully saturated rings. The molecule has 0 spiro atoms. The smallest absolute Gasteiger partial charge is 0.0547 e. The van der Waals surface area contributed by atoms with Gasteiger partial charge in [-0.2, -0.15) is 0 Å². The first-order valence-corrected chi connectivity index (χ1v) is 2.61. The van der Waals surface area contributed by atoms with Gasteiger partial charge in [0.05, 0.1) is 0 Å². The number of nitrogens with one attached hydrogen (secondary N) is 1. The molecule has 0 bridgehead atoms. The Hall–Kier alpha value is -0.0400. The summed E-state index contributed by atoms with van der Waals surface area (Å²) in [5.41, 5.74) is 7.13. The standard InChI is InChI=1S/C5H10N/c6-5-3-1-2-4-5/h5-6H,1-4H2/q-1. The van der Waals surface area contributed by atoms with Crippen molar-refractivity contribution in [2.45, 2.75) is 31.7 Å². The Bertz CT molecular complexity index is 37.2. The number of rotatable bonds is 0. The third kappa shape index (κ3) is 0.716. The monoisotopic (exact) mass is 84.1 g/mol. The molecule has 1 saturated carbocycles. The molecule has 36 valence electrons. The molecule has 0 amide bonds. The molecule has 1 rings (SSSR count). The van der Waals surface area contributed by atoms with E-state index >= 15 is 0 Å². The van der Waals surface area contributed by atoms with Crippen molar-refractivity contribution in [1.82, 2.24) is 0 Å². The Morgan fingerprint density at radius 3 is 1.83 bits per heavy atom. The highest BCUT2D eigenvalue weighted by Crippen LogP contribution is 2.19. The van der Waals surface area contributed by atoms with Crippen LogP contribution in [0.15, 0.2) is 0 Å². The van der Waals surface area contributed by atoms with Crippen LogP contribution < -0.4 is 0 Å². The largest absolute Gasteiger partial charge is 0.675 e. The van der Waals surface area contributed by atoms with E-state index < -0.39 is 0 Å². The minimum absolute atomic E-state index is 0.296.